The van der Waals surface area contributed by atoms with E-state index in [2.05, 4.69) is 14.7 Å². The van der Waals surface area contributed by atoms with Crippen LogP contribution in [0.4, 0.5) is 10.1 Å². The van der Waals surface area contributed by atoms with Gasteiger partial charge in [-0.3, -0.25) is 9.71 Å². The maximum Gasteiger partial charge on any atom is 0.263 e. The Morgan fingerprint density at radius 1 is 1.28 bits per heavy atom. The minimum absolute atomic E-state index is 0.0451. The van der Waals surface area contributed by atoms with E-state index in [1.54, 1.807) is 18.3 Å². The molecule has 3 rings (SSSR count). The Labute approximate surface area is 144 Å². The number of nitrogens with one attached hydrogen (secondary N) is 2. The third-order valence-corrected chi connectivity index (χ3v) is 4.92. The van der Waals surface area contributed by atoms with Gasteiger partial charge in [0.15, 0.2) is 0 Å². The maximum atomic E-state index is 13.9. The largest absolute Gasteiger partial charge is 0.359 e. The number of benzene rings is 1. The van der Waals surface area contributed by atoms with Gasteiger partial charge in [0, 0.05) is 12.4 Å². The van der Waals surface area contributed by atoms with Crippen molar-refractivity contribution in [2.24, 2.45) is 0 Å². The van der Waals surface area contributed by atoms with Crippen molar-refractivity contribution in [1.29, 1.82) is 5.26 Å². The minimum atomic E-state index is -3.99. The second-order valence-corrected chi connectivity index (χ2v) is 7.01. The predicted molar refractivity (Wildman–Crippen MR) is 90.7 cm³/mol. The van der Waals surface area contributed by atoms with Gasteiger partial charge in [-0.05, 0) is 42.8 Å². The number of hydrogen-bond donors (Lipinski definition) is 2. The van der Waals surface area contributed by atoms with E-state index in [1.807, 2.05) is 13.0 Å². The molecule has 6 nitrogen and oxygen atoms in total. The highest BCUT2D eigenvalue weighted by Crippen LogP contribution is 2.25. The van der Waals surface area contributed by atoms with Crippen LogP contribution in [0, 0.1) is 24.1 Å². The van der Waals surface area contributed by atoms with Crippen molar-refractivity contribution in [2.45, 2.75) is 11.8 Å². The lowest BCUT2D eigenvalue weighted by molar-refractivity contribution is 0.598. The van der Waals surface area contributed by atoms with Crippen LogP contribution in [0.1, 0.15) is 11.1 Å². The Morgan fingerprint density at radius 2 is 2.08 bits per heavy atom. The van der Waals surface area contributed by atoms with Gasteiger partial charge in [-0.25, -0.2) is 12.8 Å². The average molecular weight is 356 g/mol. The molecule has 0 unspecified atom stereocenters. The van der Waals surface area contributed by atoms with Crippen LogP contribution < -0.4 is 4.72 Å². The van der Waals surface area contributed by atoms with Crippen molar-refractivity contribution in [3.63, 3.8) is 0 Å². The van der Waals surface area contributed by atoms with Crippen molar-refractivity contribution >= 4 is 15.7 Å². The molecule has 0 spiro atoms. The summed E-state index contributed by atoms with van der Waals surface area (Å²) in [6.07, 6.45) is 2.93. The lowest BCUT2D eigenvalue weighted by atomic mass is 10.2. The summed E-state index contributed by atoms with van der Waals surface area (Å²) in [4.78, 5) is 7.05. The van der Waals surface area contributed by atoms with Gasteiger partial charge in [-0.15, -0.1) is 0 Å². The quantitative estimate of drug-likeness (QED) is 0.750. The molecular weight excluding hydrogens is 343 g/mol. The molecule has 0 bridgehead atoms. The monoisotopic (exact) mass is 356 g/mol. The van der Waals surface area contributed by atoms with Crippen LogP contribution in [0.3, 0.4) is 0 Å². The van der Waals surface area contributed by atoms with E-state index in [-0.39, 0.29) is 16.1 Å². The second kappa shape index (κ2) is 6.37. The maximum absolute atomic E-state index is 13.9. The zero-order valence-corrected chi connectivity index (χ0v) is 13.9. The summed E-state index contributed by atoms with van der Waals surface area (Å²) in [5.74, 6) is -0.820. The summed E-state index contributed by atoms with van der Waals surface area (Å²) in [6.45, 7) is 1.86. The van der Waals surface area contributed by atoms with E-state index in [9.17, 15) is 12.8 Å². The molecule has 3 aromatic rings. The number of nitriles is 1. The van der Waals surface area contributed by atoms with Crippen molar-refractivity contribution in [3.05, 3.63) is 65.7 Å². The molecule has 25 heavy (non-hydrogen) atoms. The van der Waals surface area contributed by atoms with Crippen LogP contribution >= 0.6 is 0 Å². The molecule has 1 aromatic carbocycles. The highest BCUT2D eigenvalue weighted by Gasteiger charge is 2.19. The summed E-state index contributed by atoms with van der Waals surface area (Å²) < 4.78 is 41.0. The number of anilines is 1. The molecule has 0 atom stereocenters. The van der Waals surface area contributed by atoms with Gasteiger partial charge in [0.05, 0.1) is 28.7 Å². The summed E-state index contributed by atoms with van der Waals surface area (Å²) in [5, 5.41) is 8.73. The van der Waals surface area contributed by atoms with Crippen LogP contribution in [-0.2, 0) is 10.0 Å². The third kappa shape index (κ3) is 3.36. The number of halogens is 1. The zero-order valence-electron chi connectivity index (χ0n) is 13.1. The van der Waals surface area contributed by atoms with Gasteiger partial charge in [-0.2, -0.15) is 5.26 Å². The molecule has 0 saturated carbocycles. The Balaban J connectivity index is 1.92. The molecule has 2 N–H and O–H groups in total. The van der Waals surface area contributed by atoms with E-state index in [0.29, 0.717) is 11.4 Å². The van der Waals surface area contributed by atoms with Crippen LogP contribution in [0.2, 0.25) is 0 Å². The molecule has 2 aromatic heterocycles. The summed E-state index contributed by atoms with van der Waals surface area (Å²) in [6, 6.07) is 10.4. The van der Waals surface area contributed by atoms with Gasteiger partial charge in [0.25, 0.3) is 10.0 Å². The number of hydrogen-bond acceptors (Lipinski definition) is 4. The van der Waals surface area contributed by atoms with E-state index in [0.717, 1.165) is 11.6 Å². The van der Waals surface area contributed by atoms with E-state index < -0.39 is 15.8 Å². The van der Waals surface area contributed by atoms with E-state index in [4.69, 9.17) is 5.26 Å². The number of aromatic nitrogens is 2. The molecule has 0 aliphatic rings. The predicted octanol–water partition coefficient (Wildman–Crippen LogP) is 3.20. The molecule has 2 heterocycles. The van der Waals surface area contributed by atoms with Crippen molar-refractivity contribution < 1.29 is 12.8 Å². The molecule has 0 aliphatic carbocycles. The molecule has 0 saturated heterocycles. The molecular formula is C17H13FN4O2S. The Morgan fingerprint density at radius 3 is 2.76 bits per heavy atom. The summed E-state index contributed by atoms with van der Waals surface area (Å²) >= 11 is 0. The molecule has 8 heteroatoms. The number of rotatable bonds is 4. The summed E-state index contributed by atoms with van der Waals surface area (Å²) in [7, 11) is -3.99. The number of aryl methyl sites for hydroxylation is 1. The minimum Gasteiger partial charge on any atom is -0.359 e. The molecule has 0 amide bonds. The fraction of sp³-hybridized carbons (Fsp3) is 0.0588. The lowest BCUT2D eigenvalue weighted by Gasteiger charge is -2.07. The van der Waals surface area contributed by atoms with E-state index in [1.165, 1.54) is 24.4 Å². The van der Waals surface area contributed by atoms with Gasteiger partial charge >= 0.3 is 0 Å². The number of sulfonamides is 1. The Kier molecular flexibility index (Phi) is 4.25. The molecule has 0 aliphatic heterocycles. The van der Waals surface area contributed by atoms with Gasteiger partial charge < -0.3 is 4.98 Å². The second-order valence-electron chi connectivity index (χ2n) is 5.33. The van der Waals surface area contributed by atoms with Crippen LogP contribution in [0.15, 0.2) is 53.7 Å². The van der Waals surface area contributed by atoms with Gasteiger partial charge in [-0.1, -0.05) is 6.07 Å². The van der Waals surface area contributed by atoms with Crippen LogP contribution in [-0.4, -0.2) is 18.4 Å². The number of pyridine rings is 1. The standard InChI is InChI=1S/C17H13FN4O2S/c1-11-3-2-6-20-17(11)16-8-13(10-21-16)25(23,24)22-15-5-4-12(9-19)7-14(15)18/h2-8,10,21-22H,1H3. The van der Waals surface area contributed by atoms with Crippen molar-refractivity contribution in [3.8, 4) is 17.5 Å². The van der Waals surface area contributed by atoms with Crippen LogP contribution in [0.5, 0.6) is 0 Å². The van der Waals surface area contributed by atoms with E-state index >= 15 is 0 Å². The number of aromatic amines is 1. The highest BCUT2D eigenvalue weighted by molar-refractivity contribution is 7.92. The Bertz CT molecular complexity index is 1080. The molecule has 0 fully saturated rings. The summed E-state index contributed by atoms with van der Waals surface area (Å²) in [5.41, 5.74) is 1.94. The van der Waals surface area contributed by atoms with Gasteiger partial charge in [0.1, 0.15) is 10.7 Å². The zero-order chi connectivity index (χ0) is 18.0. The average Bonchev–Trinajstić information content (AvgIpc) is 3.08. The fourth-order valence-electron chi connectivity index (χ4n) is 2.31. The first-order valence-corrected chi connectivity index (χ1v) is 8.72. The number of nitrogens with zero attached hydrogens (tertiary/aromatic N) is 2. The third-order valence-electron chi connectivity index (χ3n) is 3.57. The lowest BCUT2D eigenvalue weighted by Crippen LogP contribution is -2.13. The fourth-order valence-corrected chi connectivity index (χ4v) is 3.37. The first kappa shape index (κ1) is 16.7. The topological polar surface area (TPSA) is 98.6 Å². The van der Waals surface area contributed by atoms with Crippen LogP contribution in [0.25, 0.3) is 11.4 Å². The smallest absolute Gasteiger partial charge is 0.263 e. The van der Waals surface area contributed by atoms with Gasteiger partial charge in [0.2, 0.25) is 0 Å². The molecule has 0 radical (unpaired) electrons. The molecule has 126 valence electrons. The SMILES string of the molecule is Cc1cccnc1-c1cc(S(=O)(=O)Nc2ccc(C#N)cc2F)c[nH]1. The first-order chi connectivity index (χ1) is 11.9. The Hall–Kier alpha value is -3.18. The van der Waals surface area contributed by atoms with Crippen molar-refractivity contribution in [2.75, 3.05) is 4.72 Å². The highest BCUT2D eigenvalue weighted by atomic mass is 32.2. The van der Waals surface area contributed by atoms with Crippen molar-refractivity contribution in [1.82, 2.24) is 9.97 Å². The first-order valence-electron chi connectivity index (χ1n) is 7.23. The normalized spacial score (nSPS) is 11.1. The number of H-pyrrole nitrogens is 1.